The number of ether oxygens (including phenoxy) is 2. The van der Waals surface area contributed by atoms with Crippen molar-refractivity contribution >= 4 is 0 Å². The minimum atomic E-state index is -0.232. The third-order valence-corrected chi connectivity index (χ3v) is 3.46. The predicted molar refractivity (Wildman–Crippen MR) is 73.1 cm³/mol. The van der Waals surface area contributed by atoms with Crippen LogP contribution in [0.25, 0.3) is 0 Å². The zero-order valence-corrected chi connectivity index (χ0v) is 11.9. The molecule has 2 rings (SSSR count). The van der Waals surface area contributed by atoms with E-state index in [-0.39, 0.29) is 11.9 Å². The summed E-state index contributed by atoms with van der Waals surface area (Å²) in [5.41, 5.74) is 0.816. The molecule has 1 atom stereocenters. The number of hydrogen-bond donors (Lipinski definition) is 0. The Hall–Kier alpha value is -1.13. The van der Waals surface area contributed by atoms with Crippen molar-refractivity contribution in [2.24, 2.45) is 0 Å². The Bertz CT molecular complexity index is 423. The first kappa shape index (κ1) is 14.3. The Morgan fingerprint density at radius 2 is 2.26 bits per heavy atom. The molecule has 0 radical (unpaired) electrons. The molecule has 19 heavy (non-hydrogen) atoms. The third kappa shape index (κ3) is 3.91. The van der Waals surface area contributed by atoms with Crippen molar-refractivity contribution in [3.63, 3.8) is 0 Å². The largest absolute Gasteiger partial charge is 0.491 e. The number of halogens is 1. The van der Waals surface area contributed by atoms with Crippen molar-refractivity contribution in [2.45, 2.75) is 32.9 Å². The summed E-state index contributed by atoms with van der Waals surface area (Å²) in [4.78, 5) is 2.38. The molecule has 0 aliphatic carbocycles. The summed E-state index contributed by atoms with van der Waals surface area (Å²) in [6, 6.07) is 5.11. The first-order valence-corrected chi connectivity index (χ1v) is 6.81. The zero-order chi connectivity index (χ0) is 13.8. The Morgan fingerprint density at radius 1 is 1.47 bits per heavy atom. The lowest BCUT2D eigenvalue weighted by Gasteiger charge is -2.35. The van der Waals surface area contributed by atoms with Gasteiger partial charge in [-0.15, -0.1) is 0 Å². The molecule has 0 aromatic heterocycles. The van der Waals surface area contributed by atoms with E-state index >= 15 is 0 Å². The number of hydrogen-bond acceptors (Lipinski definition) is 3. The summed E-state index contributed by atoms with van der Waals surface area (Å²) in [6.07, 6.45) is 0.0839. The molecule has 0 bridgehead atoms. The van der Waals surface area contributed by atoms with Gasteiger partial charge in [-0.3, -0.25) is 4.90 Å². The minimum absolute atomic E-state index is 0.0839. The van der Waals surface area contributed by atoms with E-state index in [4.69, 9.17) is 9.47 Å². The molecule has 1 aliphatic heterocycles. The highest BCUT2D eigenvalue weighted by Gasteiger charge is 2.22. The van der Waals surface area contributed by atoms with Crippen LogP contribution in [-0.2, 0) is 4.74 Å². The normalized spacial score (nSPS) is 20.8. The average Bonchev–Trinajstić information content (AvgIpc) is 2.38. The van der Waals surface area contributed by atoms with Crippen molar-refractivity contribution in [3.8, 4) is 5.75 Å². The van der Waals surface area contributed by atoms with Crippen molar-refractivity contribution in [3.05, 3.63) is 29.6 Å². The summed E-state index contributed by atoms with van der Waals surface area (Å²) in [6.45, 7) is 9.34. The molecule has 1 unspecified atom stereocenters. The van der Waals surface area contributed by atoms with Crippen molar-refractivity contribution in [2.75, 3.05) is 26.3 Å². The maximum atomic E-state index is 13.0. The number of nitrogens with zero attached hydrogens (tertiary/aromatic N) is 1. The average molecular weight is 267 g/mol. The van der Waals surface area contributed by atoms with Gasteiger partial charge in [0.05, 0.1) is 6.61 Å². The van der Waals surface area contributed by atoms with Gasteiger partial charge in [0, 0.05) is 19.1 Å². The fraction of sp³-hybridized carbons (Fsp3) is 0.600. The summed E-state index contributed by atoms with van der Waals surface area (Å²) < 4.78 is 24.4. The fourth-order valence-electron chi connectivity index (χ4n) is 2.27. The standard InChI is InChI=1S/C15H22FNO2/c1-11(2)17-6-7-18-14(9-17)10-19-15-5-4-13(16)8-12(15)3/h4-5,8,11,14H,6-7,9-10H2,1-3H3. The number of rotatable bonds is 4. The monoisotopic (exact) mass is 267 g/mol. The van der Waals surface area contributed by atoms with Gasteiger partial charge in [0.1, 0.15) is 24.3 Å². The second-order valence-electron chi connectivity index (χ2n) is 5.30. The summed E-state index contributed by atoms with van der Waals surface area (Å²) in [5.74, 6) is 0.497. The molecule has 0 spiro atoms. The maximum absolute atomic E-state index is 13.0. The third-order valence-electron chi connectivity index (χ3n) is 3.46. The van der Waals surface area contributed by atoms with Gasteiger partial charge in [-0.1, -0.05) is 0 Å². The van der Waals surface area contributed by atoms with E-state index in [2.05, 4.69) is 18.7 Å². The van der Waals surface area contributed by atoms with Crippen LogP contribution >= 0.6 is 0 Å². The van der Waals surface area contributed by atoms with Crippen molar-refractivity contribution < 1.29 is 13.9 Å². The van der Waals surface area contributed by atoms with E-state index in [9.17, 15) is 4.39 Å². The molecule has 1 aromatic rings. The van der Waals surface area contributed by atoms with Crippen LogP contribution in [0.2, 0.25) is 0 Å². The zero-order valence-electron chi connectivity index (χ0n) is 11.9. The molecular weight excluding hydrogens is 245 g/mol. The van der Waals surface area contributed by atoms with Crippen LogP contribution in [0.3, 0.4) is 0 Å². The van der Waals surface area contributed by atoms with Crippen molar-refractivity contribution in [1.82, 2.24) is 4.90 Å². The Balaban J connectivity index is 1.88. The Labute approximate surface area is 114 Å². The molecule has 106 valence electrons. The Morgan fingerprint density at radius 3 is 2.95 bits per heavy atom. The van der Waals surface area contributed by atoms with Gasteiger partial charge >= 0.3 is 0 Å². The van der Waals surface area contributed by atoms with Crippen LogP contribution in [0.5, 0.6) is 5.75 Å². The number of benzene rings is 1. The Kier molecular flexibility index (Phi) is 4.77. The van der Waals surface area contributed by atoms with E-state index < -0.39 is 0 Å². The highest BCUT2D eigenvalue weighted by atomic mass is 19.1. The van der Waals surface area contributed by atoms with E-state index in [1.165, 1.54) is 12.1 Å². The van der Waals surface area contributed by atoms with Gasteiger partial charge in [0.2, 0.25) is 0 Å². The molecule has 0 N–H and O–H groups in total. The lowest BCUT2D eigenvalue weighted by Crippen LogP contribution is -2.47. The molecule has 0 saturated carbocycles. The number of aryl methyl sites for hydroxylation is 1. The highest BCUT2D eigenvalue weighted by Crippen LogP contribution is 2.19. The first-order chi connectivity index (χ1) is 9.06. The van der Waals surface area contributed by atoms with Crippen LogP contribution < -0.4 is 4.74 Å². The molecule has 1 fully saturated rings. The van der Waals surface area contributed by atoms with Crippen LogP contribution in [-0.4, -0.2) is 43.3 Å². The quantitative estimate of drug-likeness (QED) is 0.837. The predicted octanol–water partition coefficient (Wildman–Crippen LogP) is 2.62. The molecule has 0 amide bonds. The van der Waals surface area contributed by atoms with Crippen LogP contribution in [0.4, 0.5) is 4.39 Å². The van der Waals surface area contributed by atoms with Gasteiger partial charge in [-0.2, -0.15) is 0 Å². The lowest BCUT2D eigenvalue weighted by molar-refractivity contribution is -0.0565. The van der Waals surface area contributed by atoms with E-state index in [1.807, 2.05) is 6.92 Å². The van der Waals surface area contributed by atoms with Gasteiger partial charge in [0.15, 0.2) is 0 Å². The molecule has 3 nitrogen and oxygen atoms in total. The van der Waals surface area contributed by atoms with E-state index in [0.29, 0.717) is 12.6 Å². The van der Waals surface area contributed by atoms with Crippen molar-refractivity contribution in [1.29, 1.82) is 0 Å². The van der Waals surface area contributed by atoms with Gasteiger partial charge < -0.3 is 9.47 Å². The SMILES string of the molecule is Cc1cc(F)ccc1OCC1CN(C(C)C)CCO1. The molecule has 1 saturated heterocycles. The maximum Gasteiger partial charge on any atom is 0.123 e. The highest BCUT2D eigenvalue weighted by molar-refractivity contribution is 5.32. The molecule has 1 heterocycles. The van der Waals surface area contributed by atoms with Crippen LogP contribution in [0.15, 0.2) is 18.2 Å². The first-order valence-electron chi connectivity index (χ1n) is 6.81. The molecule has 4 heteroatoms. The van der Waals surface area contributed by atoms with E-state index in [1.54, 1.807) is 6.07 Å². The minimum Gasteiger partial charge on any atom is -0.491 e. The topological polar surface area (TPSA) is 21.7 Å². The number of morpholine rings is 1. The molecule has 1 aromatic carbocycles. The fourth-order valence-corrected chi connectivity index (χ4v) is 2.27. The second-order valence-corrected chi connectivity index (χ2v) is 5.30. The molecule has 1 aliphatic rings. The van der Waals surface area contributed by atoms with Gasteiger partial charge in [0.25, 0.3) is 0 Å². The smallest absolute Gasteiger partial charge is 0.123 e. The summed E-state index contributed by atoms with van der Waals surface area (Å²) in [7, 11) is 0. The molecular formula is C15H22FNO2. The van der Waals surface area contributed by atoms with Crippen LogP contribution in [0, 0.1) is 12.7 Å². The van der Waals surface area contributed by atoms with E-state index in [0.717, 1.165) is 31.0 Å². The summed E-state index contributed by atoms with van der Waals surface area (Å²) >= 11 is 0. The van der Waals surface area contributed by atoms with Crippen LogP contribution in [0.1, 0.15) is 19.4 Å². The van der Waals surface area contributed by atoms with Gasteiger partial charge in [-0.25, -0.2) is 4.39 Å². The summed E-state index contributed by atoms with van der Waals surface area (Å²) in [5, 5.41) is 0. The van der Waals surface area contributed by atoms with Gasteiger partial charge in [-0.05, 0) is 44.5 Å². The second kappa shape index (κ2) is 6.35. The lowest BCUT2D eigenvalue weighted by atomic mass is 10.2.